The van der Waals surface area contributed by atoms with Crippen LogP contribution >= 0.6 is 0 Å². The fourth-order valence-corrected chi connectivity index (χ4v) is 3.91. The number of anilines is 1. The van der Waals surface area contributed by atoms with Crippen LogP contribution in [0.1, 0.15) is 48.7 Å². The average Bonchev–Trinajstić information content (AvgIpc) is 2.86. The number of carbonyl (C=O) groups is 1. The molecule has 0 bridgehead atoms. The van der Waals surface area contributed by atoms with Crippen molar-refractivity contribution in [3.63, 3.8) is 0 Å². The van der Waals surface area contributed by atoms with Crippen molar-refractivity contribution < 1.29 is 9.18 Å². The maximum Gasteiger partial charge on any atom is 0.257 e. The third-order valence-electron chi connectivity index (χ3n) is 5.01. The monoisotopic (exact) mass is 336 g/mol. The summed E-state index contributed by atoms with van der Waals surface area (Å²) in [6, 6.07) is 13.9. The van der Waals surface area contributed by atoms with Crippen LogP contribution in [0.15, 0.2) is 59.8 Å². The van der Waals surface area contributed by atoms with Crippen molar-refractivity contribution in [3.05, 3.63) is 76.7 Å². The molecule has 4 heteroatoms. The Morgan fingerprint density at radius 1 is 1.04 bits per heavy atom. The van der Waals surface area contributed by atoms with E-state index < -0.39 is 0 Å². The van der Waals surface area contributed by atoms with Gasteiger partial charge in [0.1, 0.15) is 5.82 Å². The summed E-state index contributed by atoms with van der Waals surface area (Å²) in [6.07, 6.45) is 1.60. The van der Waals surface area contributed by atoms with Crippen molar-refractivity contribution in [2.24, 2.45) is 5.41 Å². The lowest BCUT2D eigenvalue weighted by Gasteiger charge is -2.28. The van der Waals surface area contributed by atoms with Gasteiger partial charge < -0.3 is 10.6 Å². The van der Waals surface area contributed by atoms with Gasteiger partial charge in [-0.25, -0.2) is 4.39 Å². The number of rotatable bonds is 1. The minimum Gasteiger partial charge on any atom is -0.374 e. The number of amides is 1. The average molecular weight is 336 g/mol. The summed E-state index contributed by atoms with van der Waals surface area (Å²) in [4.78, 5) is 12.7. The first-order valence-corrected chi connectivity index (χ1v) is 8.58. The van der Waals surface area contributed by atoms with Crippen LogP contribution in [0.25, 0.3) is 0 Å². The highest BCUT2D eigenvalue weighted by Gasteiger charge is 2.38. The highest BCUT2D eigenvalue weighted by molar-refractivity contribution is 6.01. The van der Waals surface area contributed by atoms with Gasteiger partial charge in [-0.2, -0.15) is 0 Å². The van der Waals surface area contributed by atoms with E-state index in [1.165, 1.54) is 6.07 Å². The van der Waals surface area contributed by atoms with Crippen LogP contribution in [0.4, 0.5) is 10.1 Å². The van der Waals surface area contributed by atoms with Crippen LogP contribution in [-0.2, 0) is 0 Å². The van der Waals surface area contributed by atoms with E-state index in [1.807, 2.05) is 30.3 Å². The molecule has 1 atom stereocenters. The van der Waals surface area contributed by atoms with E-state index in [1.54, 1.807) is 12.1 Å². The number of hydrogen-bond acceptors (Lipinski definition) is 2. The normalized spacial score (nSPS) is 21.6. The van der Waals surface area contributed by atoms with Crippen molar-refractivity contribution in [1.82, 2.24) is 5.32 Å². The van der Waals surface area contributed by atoms with E-state index in [2.05, 4.69) is 24.5 Å². The number of benzene rings is 2. The molecule has 128 valence electrons. The summed E-state index contributed by atoms with van der Waals surface area (Å²) >= 11 is 0. The zero-order chi connectivity index (χ0) is 17.6. The summed E-state index contributed by atoms with van der Waals surface area (Å²) in [6.45, 7) is 4.35. The van der Waals surface area contributed by atoms with Crippen LogP contribution in [0, 0.1) is 11.2 Å². The van der Waals surface area contributed by atoms with Gasteiger partial charge >= 0.3 is 0 Å². The molecule has 3 nitrogen and oxygen atoms in total. The molecule has 0 saturated heterocycles. The first kappa shape index (κ1) is 15.9. The molecule has 2 aromatic carbocycles. The van der Waals surface area contributed by atoms with E-state index in [0.29, 0.717) is 11.1 Å². The van der Waals surface area contributed by atoms with Crippen molar-refractivity contribution in [2.75, 3.05) is 5.32 Å². The second kappa shape index (κ2) is 5.73. The molecule has 25 heavy (non-hydrogen) atoms. The minimum absolute atomic E-state index is 0.0413. The minimum atomic E-state index is -0.292. The molecule has 1 heterocycles. The molecule has 0 aromatic heterocycles. The van der Waals surface area contributed by atoms with Crippen molar-refractivity contribution in [1.29, 1.82) is 0 Å². The van der Waals surface area contributed by atoms with Crippen LogP contribution in [0.5, 0.6) is 0 Å². The van der Waals surface area contributed by atoms with Crippen LogP contribution in [0.3, 0.4) is 0 Å². The predicted octanol–water partition coefficient (Wildman–Crippen LogP) is 4.80. The summed E-state index contributed by atoms with van der Waals surface area (Å²) in [5.74, 6) is -0.346. The molecule has 2 aromatic rings. The van der Waals surface area contributed by atoms with Crippen molar-refractivity contribution >= 4 is 11.6 Å². The van der Waals surface area contributed by atoms with Gasteiger partial charge in [-0.3, -0.25) is 4.79 Å². The third kappa shape index (κ3) is 2.82. The van der Waals surface area contributed by atoms with Crippen molar-refractivity contribution in [2.45, 2.75) is 32.7 Å². The quantitative estimate of drug-likeness (QED) is 0.785. The van der Waals surface area contributed by atoms with E-state index in [0.717, 1.165) is 29.8 Å². The Hall–Kier alpha value is -2.62. The fourth-order valence-electron chi connectivity index (χ4n) is 3.91. The molecule has 0 radical (unpaired) electrons. The number of fused-ring (bicyclic) bond motifs is 1. The molecule has 0 spiro atoms. The molecule has 4 rings (SSSR count). The highest BCUT2D eigenvalue weighted by atomic mass is 19.1. The van der Waals surface area contributed by atoms with E-state index in [4.69, 9.17) is 0 Å². The first-order chi connectivity index (χ1) is 11.9. The zero-order valence-corrected chi connectivity index (χ0v) is 14.4. The summed E-state index contributed by atoms with van der Waals surface area (Å²) in [5.41, 5.74) is 3.95. The van der Waals surface area contributed by atoms with E-state index in [9.17, 15) is 9.18 Å². The predicted molar refractivity (Wildman–Crippen MR) is 96.7 cm³/mol. The van der Waals surface area contributed by atoms with Gasteiger partial charge in [-0.05, 0) is 42.0 Å². The number of para-hydroxylation sites is 1. The number of nitrogens with one attached hydrogen (secondary N) is 2. The number of allylic oxidation sites excluding steroid dienone is 1. The van der Waals surface area contributed by atoms with Gasteiger partial charge in [0, 0.05) is 16.9 Å². The maximum absolute atomic E-state index is 14.6. The second-order valence-electron chi connectivity index (χ2n) is 7.62. The fraction of sp³-hybridized carbons (Fsp3) is 0.286. The third-order valence-corrected chi connectivity index (χ3v) is 5.01. The largest absolute Gasteiger partial charge is 0.374 e. The summed E-state index contributed by atoms with van der Waals surface area (Å²) in [5, 5.41) is 6.53. The Kier molecular flexibility index (Phi) is 3.64. The van der Waals surface area contributed by atoms with Gasteiger partial charge in [-0.15, -0.1) is 0 Å². The second-order valence-corrected chi connectivity index (χ2v) is 7.62. The SMILES string of the molecule is CC1(C)CC2=C(C1)C(c1ccccc1F)Nc1ccccc1C(=O)N2. The molecule has 0 fully saturated rings. The number of hydrogen-bond donors (Lipinski definition) is 2. The van der Waals surface area contributed by atoms with Crippen LogP contribution < -0.4 is 10.6 Å². The first-order valence-electron chi connectivity index (χ1n) is 8.58. The Balaban J connectivity index is 1.88. The van der Waals surface area contributed by atoms with Gasteiger partial charge in [0.25, 0.3) is 5.91 Å². The Morgan fingerprint density at radius 2 is 1.76 bits per heavy atom. The molecule has 0 saturated carbocycles. The van der Waals surface area contributed by atoms with Crippen LogP contribution in [-0.4, -0.2) is 5.91 Å². The van der Waals surface area contributed by atoms with Gasteiger partial charge in [0.05, 0.1) is 11.6 Å². The standard InChI is InChI=1S/C21H21FN2O/c1-21(2)11-15-18(12-21)24-20(25)14-8-4-6-10-17(14)23-19(15)13-7-3-5-9-16(13)22/h3-10,19,23H,11-12H2,1-2H3,(H,24,25). The number of carbonyl (C=O) groups excluding carboxylic acids is 1. The smallest absolute Gasteiger partial charge is 0.257 e. The molecule has 1 unspecified atom stereocenters. The molecular formula is C21H21FN2O. The van der Waals surface area contributed by atoms with Crippen LogP contribution in [0.2, 0.25) is 0 Å². The summed E-state index contributed by atoms with van der Waals surface area (Å²) in [7, 11) is 0. The summed E-state index contributed by atoms with van der Waals surface area (Å²) < 4.78 is 14.6. The van der Waals surface area contributed by atoms with Crippen molar-refractivity contribution in [3.8, 4) is 0 Å². The van der Waals surface area contributed by atoms with E-state index in [-0.39, 0.29) is 23.2 Å². The molecule has 2 aliphatic rings. The van der Waals surface area contributed by atoms with Gasteiger partial charge in [0.15, 0.2) is 0 Å². The molecule has 2 N–H and O–H groups in total. The highest BCUT2D eigenvalue weighted by Crippen LogP contribution is 2.47. The number of halogens is 1. The maximum atomic E-state index is 14.6. The van der Waals surface area contributed by atoms with E-state index >= 15 is 0 Å². The molecular weight excluding hydrogens is 315 g/mol. The molecule has 1 aliphatic heterocycles. The lowest BCUT2D eigenvalue weighted by molar-refractivity contribution is 0.0964. The Labute approximate surface area is 146 Å². The topological polar surface area (TPSA) is 41.1 Å². The molecule has 1 amide bonds. The lowest BCUT2D eigenvalue weighted by Crippen LogP contribution is -2.29. The lowest BCUT2D eigenvalue weighted by atomic mass is 9.87. The van der Waals surface area contributed by atoms with Gasteiger partial charge in [-0.1, -0.05) is 44.2 Å². The Morgan fingerprint density at radius 3 is 2.56 bits per heavy atom. The Bertz CT molecular complexity index is 885. The van der Waals surface area contributed by atoms with Gasteiger partial charge in [0.2, 0.25) is 0 Å². The molecule has 1 aliphatic carbocycles. The zero-order valence-electron chi connectivity index (χ0n) is 14.4.